The fourth-order valence-electron chi connectivity index (χ4n) is 7.79. The van der Waals surface area contributed by atoms with E-state index in [1.807, 2.05) is 6.07 Å². The van der Waals surface area contributed by atoms with E-state index in [4.69, 9.17) is 9.97 Å². The molecule has 0 aliphatic carbocycles. The first-order valence-corrected chi connectivity index (χ1v) is 18.7. The summed E-state index contributed by atoms with van der Waals surface area (Å²) in [6.45, 7) is 0. The minimum atomic E-state index is 0.928. The second kappa shape index (κ2) is 13.9. The summed E-state index contributed by atoms with van der Waals surface area (Å²) in [6, 6.07) is 74.9. The molecule has 0 aliphatic heterocycles. The summed E-state index contributed by atoms with van der Waals surface area (Å²) in [5.74, 6) is 0. The van der Waals surface area contributed by atoms with Gasteiger partial charge in [0.2, 0.25) is 0 Å². The molecule has 0 bridgehead atoms. The molecule has 0 unspecified atom stereocenters. The van der Waals surface area contributed by atoms with Crippen molar-refractivity contribution < 1.29 is 0 Å². The number of para-hydroxylation sites is 3. The van der Waals surface area contributed by atoms with Crippen LogP contribution in [0, 0.1) is 0 Å². The van der Waals surface area contributed by atoms with E-state index in [0.717, 1.165) is 78.3 Å². The van der Waals surface area contributed by atoms with E-state index < -0.39 is 0 Å². The van der Waals surface area contributed by atoms with E-state index in [0.29, 0.717) is 0 Å². The number of benzene rings is 8. The molecule has 10 rings (SSSR count). The van der Waals surface area contributed by atoms with Crippen LogP contribution in [-0.2, 0) is 0 Å². The number of fused-ring (bicyclic) bond motifs is 5. The van der Waals surface area contributed by atoms with Crippen LogP contribution in [0.5, 0.6) is 0 Å². The standard InChI is InChI=1S/C52H35N3/c1-5-16-36(17-6-1)41-34-47(38-19-7-2-8-20-38)53-48(35-41)39-28-30-40(31-29-39)51-46-33-32-37-18-13-14-25-44(37)50(46)45-26-15-27-49(52(45)54-51)55(42-21-9-3-10-22-42)43-23-11-4-12-24-43/h1-35H. The largest absolute Gasteiger partial charge is 0.308 e. The molecule has 55 heavy (non-hydrogen) atoms. The molecule has 0 fully saturated rings. The fraction of sp³-hybridized carbons (Fsp3) is 0. The third kappa shape index (κ3) is 5.98. The van der Waals surface area contributed by atoms with Crippen molar-refractivity contribution in [2.45, 2.75) is 0 Å². The van der Waals surface area contributed by atoms with Gasteiger partial charge in [-0.15, -0.1) is 0 Å². The van der Waals surface area contributed by atoms with Crippen LogP contribution in [0.15, 0.2) is 212 Å². The summed E-state index contributed by atoms with van der Waals surface area (Å²) in [4.78, 5) is 13.1. The first-order valence-electron chi connectivity index (χ1n) is 18.7. The van der Waals surface area contributed by atoms with Crippen molar-refractivity contribution in [3.63, 3.8) is 0 Å². The molecular weight excluding hydrogens is 667 g/mol. The van der Waals surface area contributed by atoms with Gasteiger partial charge in [0, 0.05) is 44.2 Å². The SMILES string of the molecule is c1ccc(-c2cc(-c3ccccc3)nc(-c3ccc(-c4nc5c(N(c6ccccc6)c6ccccc6)cccc5c5c4ccc4ccccc45)cc3)c2)cc1. The molecule has 0 spiro atoms. The van der Waals surface area contributed by atoms with Crippen molar-refractivity contribution in [2.24, 2.45) is 0 Å². The molecule has 0 saturated carbocycles. The average molecular weight is 702 g/mol. The van der Waals surface area contributed by atoms with Gasteiger partial charge in [-0.25, -0.2) is 9.97 Å². The number of nitrogens with zero attached hydrogens (tertiary/aromatic N) is 3. The molecule has 0 amide bonds. The number of aromatic nitrogens is 2. The van der Waals surface area contributed by atoms with E-state index in [-0.39, 0.29) is 0 Å². The highest BCUT2D eigenvalue weighted by atomic mass is 15.1. The van der Waals surface area contributed by atoms with Gasteiger partial charge in [-0.2, -0.15) is 0 Å². The van der Waals surface area contributed by atoms with E-state index in [1.165, 1.54) is 16.2 Å². The molecule has 8 aromatic carbocycles. The molecule has 0 atom stereocenters. The second-order valence-corrected chi connectivity index (χ2v) is 13.8. The molecule has 258 valence electrons. The van der Waals surface area contributed by atoms with Crippen molar-refractivity contribution >= 4 is 49.5 Å². The van der Waals surface area contributed by atoms with Gasteiger partial charge in [-0.05, 0) is 64.4 Å². The van der Waals surface area contributed by atoms with Crippen LogP contribution in [-0.4, -0.2) is 9.97 Å². The number of pyridine rings is 2. The Morgan fingerprint density at radius 1 is 0.327 bits per heavy atom. The lowest BCUT2D eigenvalue weighted by molar-refractivity contribution is 1.28. The van der Waals surface area contributed by atoms with Gasteiger partial charge >= 0.3 is 0 Å². The van der Waals surface area contributed by atoms with E-state index in [1.54, 1.807) is 0 Å². The van der Waals surface area contributed by atoms with Crippen molar-refractivity contribution in [3.8, 4) is 44.9 Å². The Hall–Kier alpha value is -7.36. The maximum absolute atomic E-state index is 5.60. The van der Waals surface area contributed by atoms with Crippen LogP contribution in [0.1, 0.15) is 0 Å². The zero-order chi connectivity index (χ0) is 36.6. The lowest BCUT2D eigenvalue weighted by atomic mass is 9.94. The zero-order valence-corrected chi connectivity index (χ0v) is 30.0. The van der Waals surface area contributed by atoms with Crippen LogP contribution in [0.2, 0.25) is 0 Å². The first-order chi connectivity index (χ1) is 27.3. The summed E-state index contributed by atoms with van der Waals surface area (Å²) in [5.41, 5.74) is 12.4. The minimum Gasteiger partial charge on any atom is -0.308 e. The third-order valence-electron chi connectivity index (χ3n) is 10.4. The van der Waals surface area contributed by atoms with E-state index in [2.05, 4.69) is 211 Å². The maximum Gasteiger partial charge on any atom is 0.0956 e. The summed E-state index contributed by atoms with van der Waals surface area (Å²) < 4.78 is 0. The predicted molar refractivity (Wildman–Crippen MR) is 231 cm³/mol. The van der Waals surface area contributed by atoms with Crippen molar-refractivity contribution in [3.05, 3.63) is 212 Å². The monoisotopic (exact) mass is 701 g/mol. The third-order valence-corrected chi connectivity index (χ3v) is 10.4. The van der Waals surface area contributed by atoms with Crippen LogP contribution >= 0.6 is 0 Å². The molecule has 0 saturated heterocycles. The van der Waals surface area contributed by atoms with Gasteiger partial charge in [0.15, 0.2) is 0 Å². The van der Waals surface area contributed by atoms with Gasteiger partial charge in [-0.3, -0.25) is 0 Å². The highest BCUT2D eigenvalue weighted by Gasteiger charge is 2.20. The lowest BCUT2D eigenvalue weighted by Gasteiger charge is -2.27. The summed E-state index contributed by atoms with van der Waals surface area (Å²) in [7, 11) is 0. The van der Waals surface area contributed by atoms with Crippen molar-refractivity contribution in [1.29, 1.82) is 0 Å². The Kier molecular flexibility index (Phi) is 8.16. The van der Waals surface area contributed by atoms with Crippen molar-refractivity contribution in [2.75, 3.05) is 4.90 Å². The molecular formula is C52H35N3. The fourth-order valence-corrected chi connectivity index (χ4v) is 7.79. The topological polar surface area (TPSA) is 29.0 Å². The van der Waals surface area contributed by atoms with Gasteiger partial charge in [0.1, 0.15) is 0 Å². The summed E-state index contributed by atoms with van der Waals surface area (Å²) in [5, 5.41) is 5.86. The van der Waals surface area contributed by atoms with Crippen LogP contribution in [0.25, 0.3) is 77.3 Å². The molecule has 3 heteroatoms. The van der Waals surface area contributed by atoms with Crippen molar-refractivity contribution in [1.82, 2.24) is 9.97 Å². The first kappa shape index (κ1) is 32.3. The van der Waals surface area contributed by atoms with Gasteiger partial charge in [0.05, 0.1) is 28.3 Å². The zero-order valence-electron chi connectivity index (χ0n) is 30.0. The molecule has 3 nitrogen and oxygen atoms in total. The highest BCUT2D eigenvalue weighted by molar-refractivity contribution is 6.24. The number of rotatable bonds is 7. The molecule has 2 heterocycles. The van der Waals surface area contributed by atoms with Crippen LogP contribution in [0.4, 0.5) is 17.1 Å². The Labute approximate surface area is 320 Å². The van der Waals surface area contributed by atoms with Crippen LogP contribution in [0.3, 0.4) is 0 Å². The van der Waals surface area contributed by atoms with Gasteiger partial charge < -0.3 is 4.90 Å². The Morgan fingerprint density at radius 2 is 0.855 bits per heavy atom. The summed E-state index contributed by atoms with van der Waals surface area (Å²) in [6.07, 6.45) is 0. The normalized spacial score (nSPS) is 11.3. The minimum absolute atomic E-state index is 0.928. The molecule has 10 aromatic rings. The molecule has 0 aliphatic rings. The lowest BCUT2D eigenvalue weighted by Crippen LogP contribution is -2.11. The molecule has 0 N–H and O–H groups in total. The molecule has 0 radical (unpaired) electrons. The Bertz CT molecular complexity index is 2850. The predicted octanol–water partition coefficient (Wildman–Crippen LogP) is 14.1. The number of anilines is 3. The van der Waals surface area contributed by atoms with Crippen LogP contribution < -0.4 is 4.90 Å². The quantitative estimate of drug-likeness (QED) is 0.155. The Morgan fingerprint density at radius 3 is 1.51 bits per heavy atom. The smallest absolute Gasteiger partial charge is 0.0956 e. The Balaban J connectivity index is 1.18. The molecule has 2 aromatic heterocycles. The van der Waals surface area contributed by atoms with E-state index in [9.17, 15) is 0 Å². The number of hydrogen-bond acceptors (Lipinski definition) is 3. The average Bonchev–Trinajstić information content (AvgIpc) is 3.27. The highest BCUT2D eigenvalue weighted by Crippen LogP contribution is 2.43. The second-order valence-electron chi connectivity index (χ2n) is 13.8. The number of hydrogen-bond donors (Lipinski definition) is 0. The summed E-state index contributed by atoms with van der Waals surface area (Å²) >= 11 is 0. The van der Waals surface area contributed by atoms with Gasteiger partial charge in [-0.1, -0.05) is 170 Å². The van der Waals surface area contributed by atoms with Gasteiger partial charge in [0.25, 0.3) is 0 Å². The maximum atomic E-state index is 5.60. The van der Waals surface area contributed by atoms with E-state index >= 15 is 0 Å².